The summed E-state index contributed by atoms with van der Waals surface area (Å²) in [6.45, 7) is 7.52. The van der Waals surface area contributed by atoms with E-state index in [1.807, 2.05) is 0 Å². The van der Waals surface area contributed by atoms with Gasteiger partial charge in [0.05, 0.1) is 11.6 Å². The number of nitrogens with one attached hydrogen (secondary N) is 1. The summed E-state index contributed by atoms with van der Waals surface area (Å²) in [5.41, 5.74) is 0.198. The Morgan fingerprint density at radius 3 is 2.67 bits per heavy atom. The molecule has 0 amide bonds. The number of methoxy groups -OCH3 is 1. The maximum absolute atomic E-state index is 5.23. The molecule has 0 fully saturated rings. The third-order valence-electron chi connectivity index (χ3n) is 2.52. The molecule has 2 nitrogen and oxygen atoms in total. The minimum Gasteiger partial charge on any atom is -0.486 e. The van der Waals surface area contributed by atoms with Crippen LogP contribution >= 0.6 is 27.3 Å². The van der Waals surface area contributed by atoms with Gasteiger partial charge in [0.15, 0.2) is 5.06 Å². The van der Waals surface area contributed by atoms with Gasteiger partial charge in [-0.05, 0) is 42.3 Å². The number of thiophene rings is 1. The first-order chi connectivity index (χ1) is 6.98. The summed E-state index contributed by atoms with van der Waals surface area (Å²) in [5.74, 6) is 0. The van der Waals surface area contributed by atoms with Crippen molar-refractivity contribution in [2.24, 2.45) is 0 Å². The van der Waals surface area contributed by atoms with Crippen molar-refractivity contribution < 1.29 is 4.74 Å². The minimum atomic E-state index is 0.198. The van der Waals surface area contributed by atoms with Crippen LogP contribution in [0.5, 0.6) is 5.06 Å². The standard InChI is InChI=1S/C11H18BrNOS/c1-5-11(2,3)13-7-8-6-9(12)10(14-4)15-8/h6,13H,5,7H2,1-4H3. The van der Waals surface area contributed by atoms with Gasteiger partial charge in [-0.1, -0.05) is 6.92 Å². The summed E-state index contributed by atoms with van der Waals surface area (Å²) in [5, 5.41) is 4.47. The van der Waals surface area contributed by atoms with Crippen LogP contribution in [0.15, 0.2) is 10.5 Å². The molecule has 0 unspecified atom stereocenters. The molecule has 0 aliphatic rings. The highest BCUT2D eigenvalue weighted by molar-refractivity contribution is 9.10. The van der Waals surface area contributed by atoms with E-state index in [-0.39, 0.29) is 5.54 Å². The van der Waals surface area contributed by atoms with Crippen molar-refractivity contribution in [1.82, 2.24) is 5.32 Å². The van der Waals surface area contributed by atoms with E-state index in [4.69, 9.17) is 4.74 Å². The molecule has 1 rings (SSSR count). The van der Waals surface area contributed by atoms with Crippen LogP contribution in [0.25, 0.3) is 0 Å². The smallest absolute Gasteiger partial charge is 0.188 e. The summed E-state index contributed by atoms with van der Waals surface area (Å²) in [6.07, 6.45) is 1.12. The van der Waals surface area contributed by atoms with Crippen LogP contribution in [0.3, 0.4) is 0 Å². The van der Waals surface area contributed by atoms with Crippen LogP contribution in [-0.4, -0.2) is 12.6 Å². The van der Waals surface area contributed by atoms with Gasteiger partial charge in [0.2, 0.25) is 0 Å². The van der Waals surface area contributed by atoms with Crippen LogP contribution in [-0.2, 0) is 6.54 Å². The first kappa shape index (κ1) is 13.0. The van der Waals surface area contributed by atoms with Crippen molar-refractivity contribution in [3.05, 3.63) is 15.4 Å². The monoisotopic (exact) mass is 291 g/mol. The van der Waals surface area contributed by atoms with Crippen molar-refractivity contribution in [3.63, 3.8) is 0 Å². The molecule has 1 aromatic rings. The second-order valence-electron chi connectivity index (χ2n) is 4.14. The quantitative estimate of drug-likeness (QED) is 0.891. The molecule has 0 aliphatic carbocycles. The summed E-state index contributed by atoms with van der Waals surface area (Å²) in [4.78, 5) is 1.29. The van der Waals surface area contributed by atoms with Crippen LogP contribution in [0.4, 0.5) is 0 Å². The SMILES string of the molecule is CCC(C)(C)NCc1cc(Br)c(OC)s1. The molecule has 0 spiro atoms. The molecule has 0 bridgehead atoms. The lowest BCUT2D eigenvalue weighted by Gasteiger charge is -2.24. The molecule has 0 atom stereocenters. The second kappa shape index (κ2) is 5.32. The summed E-state index contributed by atoms with van der Waals surface area (Å²) >= 11 is 5.15. The fourth-order valence-corrected chi connectivity index (χ4v) is 2.71. The van der Waals surface area contributed by atoms with E-state index in [1.165, 1.54) is 4.88 Å². The lowest BCUT2D eigenvalue weighted by molar-refractivity contribution is 0.376. The zero-order valence-corrected chi connectivity index (χ0v) is 12.1. The molecule has 4 heteroatoms. The average Bonchev–Trinajstić information content (AvgIpc) is 2.56. The Kier molecular flexibility index (Phi) is 4.62. The van der Waals surface area contributed by atoms with Crippen molar-refractivity contribution in [3.8, 4) is 5.06 Å². The first-order valence-electron chi connectivity index (χ1n) is 5.05. The maximum atomic E-state index is 5.23. The van der Waals surface area contributed by atoms with E-state index >= 15 is 0 Å². The summed E-state index contributed by atoms with van der Waals surface area (Å²) in [6, 6.07) is 2.11. The van der Waals surface area contributed by atoms with Crippen LogP contribution in [0.2, 0.25) is 0 Å². The zero-order valence-electron chi connectivity index (χ0n) is 9.69. The third kappa shape index (κ3) is 3.78. The Hall–Kier alpha value is -0.0600. The van der Waals surface area contributed by atoms with E-state index in [9.17, 15) is 0 Å². The van der Waals surface area contributed by atoms with Crippen LogP contribution in [0, 0.1) is 0 Å². The molecule has 0 aliphatic heterocycles. The molecule has 0 saturated heterocycles. The molecule has 1 heterocycles. The lowest BCUT2D eigenvalue weighted by atomic mass is 10.0. The maximum Gasteiger partial charge on any atom is 0.188 e. The predicted molar refractivity (Wildman–Crippen MR) is 69.8 cm³/mol. The van der Waals surface area contributed by atoms with Gasteiger partial charge in [-0.25, -0.2) is 0 Å². The predicted octanol–water partition coefficient (Wildman–Crippen LogP) is 3.80. The van der Waals surface area contributed by atoms with E-state index in [2.05, 4.69) is 48.1 Å². The Bertz CT molecular complexity index is 322. The highest BCUT2D eigenvalue weighted by Gasteiger charge is 2.15. The van der Waals surface area contributed by atoms with E-state index in [1.54, 1.807) is 18.4 Å². The topological polar surface area (TPSA) is 21.3 Å². The number of rotatable bonds is 5. The number of ether oxygens (including phenoxy) is 1. The minimum absolute atomic E-state index is 0.198. The first-order valence-corrected chi connectivity index (χ1v) is 6.66. The normalized spacial score (nSPS) is 11.8. The van der Waals surface area contributed by atoms with Gasteiger partial charge in [-0.3, -0.25) is 0 Å². The van der Waals surface area contributed by atoms with Gasteiger partial charge in [-0.2, -0.15) is 0 Å². The molecule has 0 aromatic carbocycles. The van der Waals surface area contributed by atoms with Crippen LogP contribution in [0.1, 0.15) is 32.1 Å². The fraction of sp³-hybridized carbons (Fsp3) is 0.636. The van der Waals surface area contributed by atoms with E-state index in [0.717, 1.165) is 22.5 Å². The van der Waals surface area contributed by atoms with Crippen molar-refractivity contribution in [2.45, 2.75) is 39.3 Å². The molecule has 86 valence electrons. The van der Waals surface area contributed by atoms with Gasteiger partial charge in [0.25, 0.3) is 0 Å². The largest absolute Gasteiger partial charge is 0.486 e. The molecule has 1 aromatic heterocycles. The van der Waals surface area contributed by atoms with Gasteiger partial charge >= 0.3 is 0 Å². The molecule has 1 N–H and O–H groups in total. The van der Waals surface area contributed by atoms with Gasteiger partial charge in [0.1, 0.15) is 0 Å². The molecular formula is C11H18BrNOS. The lowest BCUT2D eigenvalue weighted by Crippen LogP contribution is -2.37. The van der Waals surface area contributed by atoms with Gasteiger partial charge in [0, 0.05) is 17.0 Å². The number of hydrogen-bond donors (Lipinski definition) is 1. The zero-order chi connectivity index (χ0) is 11.5. The second-order valence-corrected chi connectivity index (χ2v) is 6.10. The Balaban J connectivity index is 2.58. The highest BCUT2D eigenvalue weighted by atomic mass is 79.9. The molecular weight excluding hydrogens is 274 g/mol. The summed E-state index contributed by atoms with van der Waals surface area (Å²) < 4.78 is 6.27. The summed E-state index contributed by atoms with van der Waals surface area (Å²) in [7, 11) is 1.70. The molecule has 15 heavy (non-hydrogen) atoms. The van der Waals surface area contributed by atoms with Crippen molar-refractivity contribution in [2.75, 3.05) is 7.11 Å². The van der Waals surface area contributed by atoms with E-state index in [0.29, 0.717) is 0 Å². The average molecular weight is 292 g/mol. The third-order valence-corrected chi connectivity index (χ3v) is 4.46. The Morgan fingerprint density at radius 2 is 2.20 bits per heavy atom. The Labute approximate surface area is 104 Å². The van der Waals surface area contributed by atoms with Crippen molar-refractivity contribution >= 4 is 27.3 Å². The molecule has 0 saturated carbocycles. The van der Waals surface area contributed by atoms with Crippen molar-refractivity contribution in [1.29, 1.82) is 0 Å². The van der Waals surface area contributed by atoms with E-state index < -0.39 is 0 Å². The van der Waals surface area contributed by atoms with Gasteiger partial charge < -0.3 is 10.1 Å². The fourth-order valence-electron chi connectivity index (χ4n) is 1.08. The van der Waals surface area contributed by atoms with Gasteiger partial charge in [-0.15, -0.1) is 11.3 Å². The highest BCUT2D eigenvalue weighted by Crippen LogP contribution is 2.34. The number of hydrogen-bond acceptors (Lipinski definition) is 3. The number of halogens is 1. The molecule has 0 radical (unpaired) electrons. The Morgan fingerprint density at radius 1 is 1.53 bits per heavy atom. The van der Waals surface area contributed by atoms with Crippen LogP contribution < -0.4 is 10.1 Å².